The molecule has 2 heterocycles. The van der Waals surface area contributed by atoms with E-state index in [1.165, 1.54) is 25.0 Å². The van der Waals surface area contributed by atoms with Crippen molar-refractivity contribution in [3.05, 3.63) is 30.3 Å². The normalized spacial score (nSPS) is 24.2. The van der Waals surface area contributed by atoms with Gasteiger partial charge in [-0.15, -0.1) is 0 Å². The largest absolute Gasteiger partial charge is 0.448 e. The highest BCUT2D eigenvalue weighted by Gasteiger charge is 2.33. The molecule has 138 valence electrons. The van der Waals surface area contributed by atoms with Gasteiger partial charge in [0.05, 0.1) is 6.61 Å². The molecule has 7 nitrogen and oxygen atoms in total. The first-order valence-electron chi connectivity index (χ1n) is 8.71. The SMILES string of the molecule is O=C(NS(=O)(=O)Oc1ccccc1)OC[C@@H]1CCCN2CCCC[C@@H]12. The quantitative estimate of drug-likeness (QED) is 0.858. The van der Waals surface area contributed by atoms with E-state index in [1.807, 2.05) is 0 Å². The number of hydrogen-bond acceptors (Lipinski definition) is 6. The van der Waals surface area contributed by atoms with Crippen LogP contribution in [0.2, 0.25) is 0 Å². The predicted octanol–water partition coefficient (Wildman–Crippen LogP) is 2.30. The molecule has 0 spiro atoms. The third-order valence-corrected chi connectivity index (χ3v) is 5.64. The maximum atomic E-state index is 11.8. The summed E-state index contributed by atoms with van der Waals surface area (Å²) in [4.78, 5) is 14.3. The number of carbonyl (C=O) groups excluding carboxylic acids is 1. The molecule has 1 aromatic rings. The average molecular weight is 368 g/mol. The second kappa shape index (κ2) is 8.05. The summed E-state index contributed by atoms with van der Waals surface area (Å²) in [6.07, 6.45) is 4.63. The van der Waals surface area contributed by atoms with Crippen molar-refractivity contribution in [1.29, 1.82) is 0 Å². The molecule has 3 rings (SSSR count). The number of nitrogens with one attached hydrogen (secondary N) is 1. The number of benzene rings is 1. The van der Waals surface area contributed by atoms with E-state index >= 15 is 0 Å². The molecular weight excluding hydrogens is 344 g/mol. The van der Waals surface area contributed by atoms with E-state index in [9.17, 15) is 13.2 Å². The first-order chi connectivity index (χ1) is 12.0. The van der Waals surface area contributed by atoms with Crippen LogP contribution in [0.3, 0.4) is 0 Å². The van der Waals surface area contributed by atoms with E-state index in [0.29, 0.717) is 6.04 Å². The van der Waals surface area contributed by atoms with Crippen LogP contribution in [0.25, 0.3) is 0 Å². The molecule has 2 aliphatic rings. The van der Waals surface area contributed by atoms with Gasteiger partial charge in [-0.3, -0.25) is 4.90 Å². The van der Waals surface area contributed by atoms with Crippen LogP contribution in [0.5, 0.6) is 5.75 Å². The number of piperidine rings is 2. The van der Waals surface area contributed by atoms with E-state index in [0.717, 1.165) is 32.4 Å². The summed E-state index contributed by atoms with van der Waals surface area (Å²) in [7, 11) is -4.25. The van der Waals surface area contributed by atoms with Crippen molar-refractivity contribution >= 4 is 16.4 Å². The van der Waals surface area contributed by atoms with Crippen molar-refractivity contribution in [2.75, 3.05) is 19.7 Å². The standard InChI is InChI=1S/C17H24N2O5S/c20-17(18-25(21,22)24-15-8-2-1-3-9-15)23-13-14-7-6-12-19-11-5-4-10-16(14)19/h1-3,8-9,14,16H,4-7,10-13H2,(H,18,20)/t14-,16-/m0/s1. The molecule has 0 aromatic heterocycles. The fraction of sp³-hybridized carbons (Fsp3) is 0.588. The minimum atomic E-state index is -4.25. The molecule has 8 heteroatoms. The van der Waals surface area contributed by atoms with Gasteiger partial charge in [0, 0.05) is 12.0 Å². The molecule has 2 fully saturated rings. The second-order valence-corrected chi connectivity index (χ2v) is 7.83. The fourth-order valence-corrected chi connectivity index (χ4v) is 4.38. The lowest BCUT2D eigenvalue weighted by Gasteiger charge is -2.44. The minimum Gasteiger partial charge on any atom is -0.448 e. The molecule has 0 radical (unpaired) electrons. The van der Waals surface area contributed by atoms with Crippen molar-refractivity contribution < 1.29 is 22.1 Å². The zero-order chi connectivity index (χ0) is 17.7. The van der Waals surface area contributed by atoms with Crippen LogP contribution in [-0.4, -0.2) is 45.1 Å². The Labute approximate surface area is 148 Å². The van der Waals surface area contributed by atoms with Crippen molar-refractivity contribution in [1.82, 2.24) is 9.62 Å². The third-order valence-electron chi connectivity index (χ3n) is 4.81. The number of para-hydroxylation sites is 1. The summed E-state index contributed by atoms with van der Waals surface area (Å²) < 4.78 is 35.5. The van der Waals surface area contributed by atoms with Gasteiger partial charge < -0.3 is 8.92 Å². The van der Waals surface area contributed by atoms with Gasteiger partial charge in [-0.25, -0.2) is 4.79 Å². The molecule has 2 saturated heterocycles. The van der Waals surface area contributed by atoms with Gasteiger partial charge in [0.2, 0.25) is 0 Å². The van der Waals surface area contributed by atoms with Crippen LogP contribution >= 0.6 is 0 Å². The van der Waals surface area contributed by atoms with Gasteiger partial charge >= 0.3 is 16.4 Å². The second-order valence-electron chi connectivity index (χ2n) is 6.55. The molecule has 1 amide bonds. The minimum absolute atomic E-state index is 0.132. The third kappa shape index (κ3) is 5.09. The first kappa shape index (κ1) is 18.0. The molecule has 2 aliphatic heterocycles. The van der Waals surface area contributed by atoms with Crippen molar-refractivity contribution in [2.45, 2.75) is 38.1 Å². The Hall–Kier alpha value is -1.80. The number of nitrogens with zero attached hydrogens (tertiary/aromatic N) is 1. The summed E-state index contributed by atoms with van der Waals surface area (Å²) in [5, 5.41) is 0. The monoisotopic (exact) mass is 368 g/mol. The van der Waals surface area contributed by atoms with E-state index in [1.54, 1.807) is 22.9 Å². The Morgan fingerprint density at radius 2 is 1.88 bits per heavy atom. The Morgan fingerprint density at radius 3 is 2.68 bits per heavy atom. The Balaban J connectivity index is 1.48. The number of fused-ring (bicyclic) bond motifs is 1. The van der Waals surface area contributed by atoms with Gasteiger partial charge in [0.1, 0.15) is 5.75 Å². The zero-order valence-electron chi connectivity index (χ0n) is 14.1. The van der Waals surface area contributed by atoms with Crippen molar-refractivity contribution in [2.24, 2.45) is 5.92 Å². The van der Waals surface area contributed by atoms with E-state index in [2.05, 4.69) is 4.90 Å². The summed E-state index contributed by atoms with van der Waals surface area (Å²) in [5.74, 6) is 0.394. The van der Waals surface area contributed by atoms with Gasteiger partial charge in [0.15, 0.2) is 0 Å². The summed E-state index contributed by atoms with van der Waals surface area (Å²) >= 11 is 0. The Bertz CT molecular complexity index is 678. The first-order valence-corrected chi connectivity index (χ1v) is 10.1. The lowest BCUT2D eigenvalue weighted by molar-refractivity contribution is 0.0244. The molecule has 25 heavy (non-hydrogen) atoms. The van der Waals surface area contributed by atoms with Gasteiger partial charge in [0.25, 0.3) is 0 Å². The molecule has 0 bridgehead atoms. The van der Waals surface area contributed by atoms with Crippen LogP contribution in [0.15, 0.2) is 30.3 Å². The predicted molar refractivity (Wildman–Crippen MR) is 92.4 cm³/mol. The maximum absolute atomic E-state index is 11.8. The maximum Gasteiger partial charge on any atom is 0.423 e. The molecule has 0 unspecified atom stereocenters. The molecule has 0 aliphatic carbocycles. The van der Waals surface area contributed by atoms with E-state index in [4.69, 9.17) is 8.92 Å². The van der Waals surface area contributed by atoms with Crippen LogP contribution < -0.4 is 8.91 Å². The number of hydrogen-bond donors (Lipinski definition) is 1. The lowest BCUT2D eigenvalue weighted by Crippen LogP contribution is -2.49. The van der Waals surface area contributed by atoms with Gasteiger partial charge in [-0.2, -0.15) is 13.1 Å². The molecule has 0 saturated carbocycles. The molecular formula is C17H24N2O5S. The Morgan fingerprint density at radius 1 is 1.12 bits per heavy atom. The zero-order valence-corrected chi connectivity index (χ0v) is 14.9. The van der Waals surface area contributed by atoms with Crippen LogP contribution in [0.4, 0.5) is 4.79 Å². The highest BCUT2D eigenvalue weighted by Crippen LogP contribution is 2.30. The smallest absolute Gasteiger partial charge is 0.423 e. The van der Waals surface area contributed by atoms with Crippen molar-refractivity contribution in [3.8, 4) is 5.75 Å². The number of amides is 1. The van der Waals surface area contributed by atoms with Crippen LogP contribution in [0, 0.1) is 5.92 Å². The van der Waals surface area contributed by atoms with Crippen molar-refractivity contribution in [3.63, 3.8) is 0 Å². The fourth-order valence-electron chi connectivity index (χ4n) is 3.71. The molecule has 1 aromatic carbocycles. The molecule has 1 N–H and O–H groups in total. The van der Waals surface area contributed by atoms with E-state index < -0.39 is 16.4 Å². The summed E-state index contributed by atoms with van der Waals surface area (Å²) in [5.41, 5.74) is 0. The molecule has 2 atom stereocenters. The highest BCUT2D eigenvalue weighted by molar-refractivity contribution is 7.85. The summed E-state index contributed by atoms with van der Waals surface area (Å²) in [6, 6.07) is 8.44. The van der Waals surface area contributed by atoms with Crippen LogP contribution in [0.1, 0.15) is 32.1 Å². The number of carbonyl (C=O) groups is 1. The van der Waals surface area contributed by atoms with Gasteiger partial charge in [-0.05, 0) is 50.9 Å². The number of ether oxygens (including phenoxy) is 1. The topological polar surface area (TPSA) is 84.9 Å². The lowest BCUT2D eigenvalue weighted by atomic mass is 9.84. The van der Waals surface area contributed by atoms with Crippen LogP contribution in [-0.2, 0) is 15.0 Å². The highest BCUT2D eigenvalue weighted by atomic mass is 32.2. The average Bonchev–Trinajstić information content (AvgIpc) is 2.60. The number of rotatable bonds is 5. The summed E-state index contributed by atoms with van der Waals surface area (Å²) in [6.45, 7) is 2.44. The van der Waals surface area contributed by atoms with E-state index in [-0.39, 0.29) is 18.3 Å². The van der Waals surface area contributed by atoms with Gasteiger partial charge in [-0.1, -0.05) is 24.6 Å². The Kier molecular flexibility index (Phi) is 5.80.